The van der Waals surface area contributed by atoms with Crippen LogP contribution in [0.25, 0.3) is 0 Å². The van der Waals surface area contributed by atoms with Crippen molar-refractivity contribution in [2.75, 3.05) is 13.7 Å². The lowest BCUT2D eigenvalue weighted by Crippen LogP contribution is -2.41. The van der Waals surface area contributed by atoms with Gasteiger partial charge in [0.1, 0.15) is 6.04 Å². The van der Waals surface area contributed by atoms with Crippen LogP contribution >= 0.6 is 0 Å². The molecule has 0 saturated heterocycles. The summed E-state index contributed by atoms with van der Waals surface area (Å²) in [5.41, 5.74) is 0.433. The first-order chi connectivity index (χ1) is 7.13. The zero-order valence-corrected chi connectivity index (χ0v) is 10.1. The van der Waals surface area contributed by atoms with Crippen LogP contribution < -0.4 is 5.32 Å². The number of rotatable bonds is 5. The van der Waals surface area contributed by atoms with Crippen LogP contribution in [0.5, 0.6) is 0 Å². The third kappa shape index (κ3) is 3.20. The number of methoxy groups -OCH3 is 1. The van der Waals surface area contributed by atoms with Gasteiger partial charge in [-0.15, -0.1) is 0 Å². The summed E-state index contributed by atoms with van der Waals surface area (Å²) < 4.78 is 4.69. The van der Waals surface area contributed by atoms with Gasteiger partial charge in [-0.05, 0) is 31.6 Å². The van der Waals surface area contributed by atoms with E-state index in [1.165, 1.54) is 39.2 Å². The minimum atomic E-state index is -0.181. The van der Waals surface area contributed by atoms with Crippen LogP contribution in [0.3, 0.4) is 0 Å². The lowest BCUT2D eigenvalue weighted by atomic mass is 9.83. The molecule has 1 aliphatic rings. The third-order valence-electron chi connectivity index (χ3n) is 3.75. The maximum Gasteiger partial charge on any atom is 0.322 e. The zero-order chi connectivity index (χ0) is 11.3. The number of nitrogens with one attached hydrogen (secondary N) is 1. The number of hydrogen-bond donors (Lipinski definition) is 1. The zero-order valence-electron chi connectivity index (χ0n) is 10.1. The van der Waals surface area contributed by atoms with Gasteiger partial charge in [0.25, 0.3) is 0 Å². The molecule has 88 valence electrons. The van der Waals surface area contributed by atoms with E-state index in [-0.39, 0.29) is 12.0 Å². The Hall–Kier alpha value is -0.570. The van der Waals surface area contributed by atoms with Crippen LogP contribution in [0.4, 0.5) is 0 Å². The van der Waals surface area contributed by atoms with Gasteiger partial charge in [-0.25, -0.2) is 0 Å². The minimum absolute atomic E-state index is 0.167. The molecule has 1 saturated carbocycles. The van der Waals surface area contributed by atoms with Crippen LogP contribution in [-0.2, 0) is 9.53 Å². The number of ether oxygens (including phenoxy) is 1. The Morgan fingerprint density at radius 1 is 1.47 bits per heavy atom. The molecule has 0 aliphatic heterocycles. The minimum Gasteiger partial charge on any atom is -0.468 e. The van der Waals surface area contributed by atoms with Crippen molar-refractivity contribution < 1.29 is 9.53 Å². The molecule has 0 amide bonds. The average Bonchev–Trinajstić information content (AvgIpc) is 2.74. The lowest BCUT2D eigenvalue weighted by molar-refractivity contribution is -0.142. The highest BCUT2D eigenvalue weighted by Crippen LogP contribution is 2.40. The van der Waals surface area contributed by atoms with Crippen LogP contribution in [0, 0.1) is 5.41 Å². The average molecular weight is 213 g/mol. The van der Waals surface area contributed by atoms with E-state index in [0.717, 1.165) is 6.54 Å². The van der Waals surface area contributed by atoms with Crippen molar-refractivity contribution in [3.8, 4) is 0 Å². The second-order valence-electron chi connectivity index (χ2n) is 4.69. The maximum atomic E-state index is 11.2. The van der Waals surface area contributed by atoms with E-state index in [4.69, 9.17) is 4.74 Å². The Kier molecular flexibility index (Phi) is 4.58. The van der Waals surface area contributed by atoms with Gasteiger partial charge in [-0.1, -0.05) is 19.8 Å². The van der Waals surface area contributed by atoms with Crippen molar-refractivity contribution in [1.29, 1.82) is 0 Å². The van der Waals surface area contributed by atoms with Crippen molar-refractivity contribution in [2.24, 2.45) is 5.41 Å². The molecule has 0 spiro atoms. The van der Waals surface area contributed by atoms with E-state index in [0.29, 0.717) is 5.41 Å². The monoisotopic (exact) mass is 213 g/mol. The fraction of sp³-hybridized carbons (Fsp3) is 0.917. The molecule has 1 unspecified atom stereocenters. The smallest absolute Gasteiger partial charge is 0.322 e. The Morgan fingerprint density at radius 3 is 2.53 bits per heavy atom. The number of carbonyl (C=O) groups excluding carboxylic acids is 1. The molecule has 3 heteroatoms. The van der Waals surface area contributed by atoms with Crippen molar-refractivity contribution in [2.45, 2.75) is 52.0 Å². The first-order valence-electron chi connectivity index (χ1n) is 5.95. The molecule has 1 atom stereocenters. The molecule has 3 nitrogen and oxygen atoms in total. The van der Waals surface area contributed by atoms with E-state index in [9.17, 15) is 4.79 Å². The quantitative estimate of drug-likeness (QED) is 0.711. The van der Waals surface area contributed by atoms with Crippen LogP contribution in [0.15, 0.2) is 0 Å². The highest BCUT2D eigenvalue weighted by atomic mass is 16.5. The first kappa shape index (κ1) is 12.5. The molecule has 0 heterocycles. The van der Waals surface area contributed by atoms with Gasteiger partial charge in [0.15, 0.2) is 0 Å². The van der Waals surface area contributed by atoms with Crippen LogP contribution in [0.1, 0.15) is 46.0 Å². The number of carbonyl (C=O) groups is 1. The van der Waals surface area contributed by atoms with Crippen molar-refractivity contribution in [1.82, 2.24) is 5.32 Å². The normalized spacial score (nSPS) is 21.3. The fourth-order valence-corrected chi connectivity index (χ4v) is 2.41. The summed E-state index contributed by atoms with van der Waals surface area (Å²) in [7, 11) is 1.44. The lowest BCUT2D eigenvalue weighted by Gasteiger charge is -2.29. The summed E-state index contributed by atoms with van der Waals surface area (Å²) in [5.74, 6) is -0.167. The van der Waals surface area contributed by atoms with Gasteiger partial charge < -0.3 is 10.1 Å². The SMILES string of the molecule is CCC1(CNC(C)C(=O)OC)CCCC1. The molecule has 0 aromatic rings. The standard InChI is InChI=1S/C12H23NO2/c1-4-12(7-5-6-8-12)9-13-10(2)11(14)15-3/h10,13H,4-9H2,1-3H3. The topological polar surface area (TPSA) is 38.3 Å². The fourth-order valence-electron chi connectivity index (χ4n) is 2.41. The maximum absolute atomic E-state index is 11.2. The molecule has 15 heavy (non-hydrogen) atoms. The molecule has 0 bridgehead atoms. The predicted octanol–water partition coefficient (Wildman–Crippen LogP) is 2.11. The molecular formula is C12H23NO2. The van der Waals surface area contributed by atoms with E-state index >= 15 is 0 Å². The summed E-state index contributed by atoms with van der Waals surface area (Å²) in [5, 5.41) is 3.29. The summed E-state index contributed by atoms with van der Waals surface area (Å²) >= 11 is 0. The van der Waals surface area contributed by atoms with E-state index in [1.807, 2.05) is 6.92 Å². The van der Waals surface area contributed by atoms with Crippen LogP contribution in [-0.4, -0.2) is 25.7 Å². The summed E-state index contributed by atoms with van der Waals surface area (Å²) in [6.07, 6.45) is 6.47. The van der Waals surface area contributed by atoms with Gasteiger partial charge in [-0.3, -0.25) is 4.79 Å². The predicted molar refractivity (Wildman–Crippen MR) is 60.7 cm³/mol. The molecule has 0 aromatic carbocycles. The summed E-state index contributed by atoms with van der Waals surface area (Å²) in [6.45, 7) is 5.06. The summed E-state index contributed by atoms with van der Waals surface area (Å²) in [4.78, 5) is 11.2. The van der Waals surface area contributed by atoms with Gasteiger partial charge >= 0.3 is 5.97 Å². The molecule has 0 aromatic heterocycles. The molecule has 1 rings (SSSR count). The van der Waals surface area contributed by atoms with Gasteiger partial charge in [0, 0.05) is 6.54 Å². The highest BCUT2D eigenvalue weighted by Gasteiger charge is 2.32. The second-order valence-corrected chi connectivity index (χ2v) is 4.69. The summed E-state index contributed by atoms with van der Waals surface area (Å²) in [6, 6.07) is -0.181. The van der Waals surface area contributed by atoms with Gasteiger partial charge in [0.05, 0.1) is 7.11 Å². The Morgan fingerprint density at radius 2 is 2.07 bits per heavy atom. The van der Waals surface area contributed by atoms with Gasteiger partial charge in [0.2, 0.25) is 0 Å². The molecular weight excluding hydrogens is 190 g/mol. The number of hydrogen-bond acceptors (Lipinski definition) is 3. The van der Waals surface area contributed by atoms with Crippen LogP contribution in [0.2, 0.25) is 0 Å². The number of esters is 1. The Labute approximate surface area is 92.6 Å². The molecule has 1 N–H and O–H groups in total. The first-order valence-corrected chi connectivity index (χ1v) is 5.95. The van der Waals surface area contributed by atoms with E-state index in [1.54, 1.807) is 0 Å². The van der Waals surface area contributed by atoms with E-state index < -0.39 is 0 Å². The molecule has 0 radical (unpaired) electrons. The van der Waals surface area contributed by atoms with Gasteiger partial charge in [-0.2, -0.15) is 0 Å². The Bertz CT molecular complexity index is 210. The van der Waals surface area contributed by atoms with Crippen molar-refractivity contribution in [3.63, 3.8) is 0 Å². The largest absolute Gasteiger partial charge is 0.468 e. The molecule has 1 fully saturated rings. The van der Waals surface area contributed by atoms with E-state index in [2.05, 4.69) is 12.2 Å². The van der Waals surface area contributed by atoms with Crippen molar-refractivity contribution >= 4 is 5.97 Å². The van der Waals surface area contributed by atoms with Crippen molar-refractivity contribution in [3.05, 3.63) is 0 Å². The Balaban J connectivity index is 2.37. The second kappa shape index (κ2) is 5.50. The highest BCUT2D eigenvalue weighted by molar-refractivity contribution is 5.75. The molecule has 1 aliphatic carbocycles. The third-order valence-corrected chi connectivity index (χ3v) is 3.75.